The van der Waals surface area contributed by atoms with Gasteiger partial charge in [0.2, 0.25) is 15.0 Å². The molecule has 0 aromatic heterocycles. The maximum atomic E-state index is 11.9. The Morgan fingerprint density at radius 3 is 2.48 bits per heavy atom. The standard InChI is InChI=1S/C13H24ClN3O3S/c1-15-5-7-16(8-6-15)3-2-4-17-10-12(9-13(17)18)11-21(14,19)20/h12H,2-11H2,1H3. The van der Waals surface area contributed by atoms with E-state index in [4.69, 9.17) is 10.7 Å². The van der Waals surface area contributed by atoms with Gasteiger partial charge in [0.25, 0.3) is 0 Å². The van der Waals surface area contributed by atoms with Crippen LogP contribution in [-0.2, 0) is 13.8 Å². The summed E-state index contributed by atoms with van der Waals surface area (Å²) in [6.07, 6.45) is 1.25. The third-order valence-electron chi connectivity index (χ3n) is 4.23. The predicted molar refractivity (Wildman–Crippen MR) is 82.9 cm³/mol. The average Bonchev–Trinajstić information content (AvgIpc) is 2.70. The molecule has 0 saturated carbocycles. The third kappa shape index (κ3) is 5.73. The maximum absolute atomic E-state index is 11.9. The van der Waals surface area contributed by atoms with E-state index in [0.29, 0.717) is 19.5 Å². The molecule has 2 aliphatic rings. The van der Waals surface area contributed by atoms with E-state index >= 15 is 0 Å². The summed E-state index contributed by atoms with van der Waals surface area (Å²) in [7, 11) is 3.87. The number of amides is 1. The molecule has 2 saturated heterocycles. The van der Waals surface area contributed by atoms with Gasteiger partial charge in [0.05, 0.1) is 5.75 Å². The lowest BCUT2D eigenvalue weighted by Gasteiger charge is -2.32. The molecule has 0 spiro atoms. The molecule has 0 N–H and O–H groups in total. The smallest absolute Gasteiger partial charge is 0.232 e. The second-order valence-electron chi connectivity index (χ2n) is 6.11. The SMILES string of the molecule is CN1CCN(CCCN2CC(CS(=O)(=O)Cl)CC2=O)CC1. The van der Waals surface area contributed by atoms with Gasteiger partial charge in [0, 0.05) is 62.3 Å². The Labute approximate surface area is 131 Å². The van der Waals surface area contributed by atoms with Gasteiger partial charge in [-0.25, -0.2) is 8.42 Å². The van der Waals surface area contributed by atoms with Crippen molar-refractivity contribution >= 4 is 25.6 Å². The molecule has 8 heteroatoms. The van der Waals surface area contributed by atoms with Crippen LogP contribution in [0.15, 0.2) is 0 Å². The van der Waals surface area contributed by atoms with Gasteiger partial charge in [0.1, 0.15) is 0 Å². The van der Waals surface area contributed by atoms with E-state index in [-0.39, 0.29) is 17.6 Å². The molecule has 1 atom stereocenters. The third-order valence-corrected chi connectivity index (χ3v) is 5.48. The zero-order valence-corrected chi connectivity index (χ0v) is 14.1. The fourth-order valence-electron chi connectivity index (χ4n) is 3.02. The van der Waals surface area contributed by atoms with Crippen LogP contribution in [0.1, 0.15) is 12.8 Å². The summed E-state index contributed by atoms with van der Waals surface area (Å²) in [5, 5.41) is 0. The van der Waals surface area contributed by atoms with Crippen molar-refractivity contribution in [2.45, 2.75) is 12.8 Å². The average molecular weight is 338 g/mol. The molecular weight excluding hydrogens is 314 g/mol. The number of hydrogen-bond donors (Lipinski definition) is 0. The Kier molecular flexibility index (Phi) is 5.88. The van der Waals surface area contributed by atoms with Crippen molar-refractivity contribution in [3.05, 3.63) is 0 Å². The summed E-state index contributed by atoms with van der Waals surface area (Å²) in [5.74, 6) is -0.197. The van der Waals surface area contributed by atoms with Gasteiger partial charge in [-0.1, -0.05) is 0 Å². The second-order valence-corrected chi connectivity index (χ2v) is 8.94. The van der Waals surface area contributed by atoms with Crippen molar-refractivity contribution in [1.82, 2.24) is 14.7 Å². The highest BCUT2D eigenvalue weighted by Crippen LogP contribution is 2.21. The Hall–Kier alpha value is -0.370. The van der Waals surface area contributed by atoms with Crippen LogP contribution in [0.25, 0.3) is 0 Å². The summed E-state index contributed by atoms with van der Waals surface area (Å²) < 4.78 is 22.1. The van der Waals surface area contributed by atoms with E-state index < -0.39 is 9.05 Å². The first kappa shape index (κ1) is 17.0. The van der Waals surface area contributed by atoms with Crippen LogP contribution < -0.4 is 0 Å². The molecule has 2 fully saturated rings. The van der Waals surface area contributed by atoms with E-state index in [2.05, 4.69) is 16.8 Å². The second kappa shape index (κ2) is 7.26. The number of likely N-dealkylation sites (N-methyl/N-ethyl adjacent to an activating group) is 1. The Balaban J connectivity index is 1.68. The van der Waals surface area contributed by atoms with E-state index in [1.807, 2.05) is 0 Å². The highest BCUT2D eigenvalue weighted by molar-refractivity contribution is 8.13. The molecular formula is C13H24ClN3O3S. The van der Waals surface area contributed by atoms with Gasteiger partial charge in [0.15, 0.2) is 0 Å². The molecule has 122 valence electrons. The fraction of sp³-hybridized carbons (Fsp3) is 0.923. The van der Waals surface area contributed by atoms with Crippen molar-refractivity contribution in [2.24, 2.45) is 5.92 Å². The first-order valence-electron chi connectivity index (χ1n) is 7.44. The number of carbonyl (C=O) groups is 1. The van der Waals surface area contributed by atoms with Gasteiger partial charge < -0.3 is 14.7 Å². The van der Waals surface area contributed by atoms with Crippen LogP contribution >= 0.6 is 10.7 Å². The lowest BCUT2D eigenvalue weighted by molar-refractivity contribution is -0.127. The molecule has 2 rings (SSSR count). The number of carbonyl (C=O) groups excluding carboxylic acids is 1. The summed E-state index contributed by atoms with van der Waals surface area (Å²) in [6, 6.07) is 0. The Bertz CT molecular complexity index is 463. The van der Waals surface area contributed by atoms with E-state index in [1.165, 1.54) is 0 Å². The van der Waals surface area contributed by atoms with Gasteiger partial charge in [-0.3, -0.25) is 4.79 Å². The number of nitrogens with zero attached hydrogens (tertiary/aromatic N) is 3. The van der Waals surface area contributed by atoms with Crippen molar-refractivity contribution < 1.29 is 13.2 Å². The normalized spacial score (nSPS) is 25.7. The molecule has 1 unspecified atom stereocenters. The number of piperazine rings is 1. The van der Waals surface area contributed by atoms with Crippen molar-refractivity contribution in [1.29, 1.82) is 0 Å². The molecule has 0 aromatic rings. The number of hydrogen-bond acceptors (Lipinski definition) is 5. The van der Waals surface area contributed by atoms with Gasteiger partial charge in [-0.05, 0) is 20.0 Å². The lowest BCUT2D eigenvalue weighted by atomic mass is 10.1. The number of likely N-dealkylation sites (tertiary alicyclic amines) is 1. The van der Waals surface area contributed by atoms with Crippen molar-refractivity contribution in [3.63, 3.8) is 0 Å². The fourth-order valence-corrected chi connectivity index (χ4v) is 4.34. The van der Waals surface area contributed by atoms with E-state index in [9.17, 15) is 13.2 Å². The first-order valence-corrected chi connectivity index (χ1v) is 9.92. The van der Waals surface area contributed by atoms with Crippen LogP contribution in [-0.4, -0.2) is 87.6 Å². The summed E-state index contributed by atoms with van der Waals surface area (Å²) in [4.78, 5) is 18.4. The van der Waals surface area contributed by atoms with Crippen molar-refractivity contribution in [2.75, 3.05) is 58.6 Å². The molecule has 0 aliphatic carbocycles. The predicted octanol–water partition coefficient (Wildman–Crippen LogP) is 0.0410. The zero-order valence-electron chi connectivity index (χ0n) is 12.5. The van der Waals surface area contributed by atoms with E-state index in [1.54, 1.807) is 4.90 Å². The topological polar surface area (TPSA) is 60.9 Å². The van der Waals surface area contributed by atoms with Crippen LogP contribution in [0.4, 0.5) is 0 Å². The first-order chi connectivity index (χ1) is 9.83. The largest absolute Gasteiger partial charge is 0.342 e. The molecule has 2 aliphatic heterocycles. The monoisotopic (exact) mass is 337 g/mol. The molecule has 0 aromatic carbocycles. The minimum Gasteiger partial charge on any atom is -0.342 e. The molecule has 2 heterocycles. The van der Waals surface area contributed by atoms with Crippen LogP contribution in [0.2, 0.25) is 0 Å². The highest BCUT2D eigenvalue weighted by Gasteiger charge is 2.31. The number of halogens is 1. The summed E-state index contributed by atoms with van der Waals surface area (Å²) in [6.45, 7) is 6.58. The maximum Gasteiger partial charge on any atom is 0.232 e. The van der Waals surface area contributed by atoms with Crippen LogP contribution in [0, 0.1) is 5.92 Å². The molecule has 1 amide bonds. The van der Waals surface area contributed by atoms with Gasteiger partial charge in [-0.2, -0.15) is 0 Å². The molecule has 0 bridgehead atoms. The zero-order chi connectivity index (χ0) is 15.5. The van der Waals surface area contributed by atoms with E-state index in [0.717, 1.165) is 39.1 Å². The summed E-state index contributed by atoms with van der Waals surface area (Å²) >= 11 is 0. The van der Waals surface area contributed by atoms with Gasteiger partial charge >= 0.3 is 0 Å². The minimum absolute atomic E-state index is 0.0543. The van der Waals surface area contributed by atoms with Crippen molar-refractivity contribution in [3.8, 4) is 0 Å². The van der Waals surface area contributed by atoms with Gasteiger partial charge in [-0.15, -0.1) is 0 Å². The quantitative estimate of drug-likeness (QED) is 0.641. The van der Waals surface area contributed by atoms with Crippen LogP contribution in [0.5, 0.6) is 0 Å². The molecule has 0 radical (unpaired) electrons. The Morgan fingerprint density at radius 1 is 1.19 bits per heavy atom. The highest BCUT2D eigenvalue weighted by atomic mass is 35.7. The minimum atomic E-state index is -3.52. The lowest BCUT2D eigenvalue weighted by Crippen LogP contribution is -2.45. The molecule has 6 nitrogen and oxygen atoms in total. The molecule has 21 heavy (non-hydrogen) atoms. The van der Waals surface area contributed by atoms with Crippen LogP contribution in [0.3, 0.4) is 0 Å². The summed E-state index contributed by atoms with van der Waals surface area (Å²) in [5.41, 5.74) is 0. The number of rotatable bonds is 6. The Morgan fingerprint density at radius 2 is 1.86 bits per heavy atom.